The van der Waals surface area contributed by atoms with Crippen LogP contribution in [0.15, 0.2) is 48.5 Å². The predicted octanol–water partition coefficient (Wildman–Crippen LogP) is 3.88. The second-order valence-electron chi connectivity index (χ2n) is 6.27. The molecule has 1 atom stereocenters. The van der Waals surface area contributed by atoms with Crippen molar-refractivity contribution in [3.05, 3.63) is 59.7 Å². The average molecular weight is 382 g/mol. The van der Waals surface area contributed by atoms with Crippen LogP contribution in [0, 0.1) is 0 Å². The van der Waals surface area contributed by atoms with Gasteiger partial charge in [-0.3, -0.25) is 9.59 Å². The Labute approximate surface area is 165 Å². The fourth-order valence-corrected chi connectivity index (χ4v) is 2.50. The molecular formula is C22H26N2O4. The van der Waals surface area contributed by atoms with Crippen LogP contribution in [-0.2, 0) is 4.79 Å². The van der Waals surface area contributed by atoms with E-state index in [4.69, 9.17) is 9.47 Å². The molecule has 0 unspecified atom stereocenters. The van der Waals surface area contributed by atoms with Crippen LogP contribution in [0.4, 0.5) is 5.69 Å². The molecule has 2 rings (SSSR count). The van der Waals surface area contributed by atoms with E-state index in [-0.39, 0.29) is 17.9 Å². The van der Waals surface area contributed by atoms with Gasteiger partial charge in [-0.15, -0.1) is 0 Å². The van der Waals surface area contributed by atoms with Crippen molar-refractivity contribution in [2.75, 3.05) is 19.5 Å². The molecule has 0 heterocycles. The fraction of sp³-hybridized carbons (Fsp3) is 0.273. The number of methoxy groups -OCH3 is 2. The molecule has 0 bridgehead atoms. The summed E-state index contributed by atoms with van der Waals surface area (Å²) in [7, 11) is 3.12. The number of benzene rings is 2. The normalized spacial score (nSPS) is 11.7. The number of hydrogen-bond donors (Lipinski definition) is 2. The number of anilines is 1. The van der Waals surface area contributed by atoms with Gasteiger partial charge in [-0.2, -0.15) is 0 Å². The minimum atomic E-state index is -0.335. The Bertz CT molecular complexity index is 861. The Morgan fingerprint density at radius 2 is 1.79 bits per heavy atom. The molecule has 6 nitrogen and oxygen atoms in total. The molecule has 28 heavy (non-hydrogen) atoms. The summed E-state index contributed by atoms with van der Waals surface area (Å²) in [4.78, 5) is 24.8. The van der Waals surface area contributed by atoms with E-state index in [2.05, 4.69) is 10.6 Å². The van der Waals surface area contributed by atoms with Gasteiger partial charge in [0.05, 0.1) is 25.5 Å². The molecule has 0 aromatic heterocycles. The van der Waals surface area contributed by atoms with Crippen molar-refractivity contribution in [1.29, 1.82) is 0 Å². The van der Waals surface area contributed by atoms with E-state index in [0.717, 1.165) is 12.0 Å². The summed E-state index contributed by atoms with van der Waals surface area (Å²) >= 11 is 0. The van der Waals surface area contributed by atoms with Gasteiger partial charge in [0, 0.05) is 12.1 Å². The summed E-state index contributed by atoms with van der Waals surface area (Å²) in [6.45, 7) is 3.93. The molecule has 0 radical (unpaired) electrons. The summed E-state index contributed by atoms with van der Waals surface area (Å²) in [6.07, 6.45) is 3.90. The van der Waals surface area contributed by atoms with E-state index in [1.165, 1.54) is 6.08 Å². The molecule has 2 amide bonds. The Kier molecular flexibility index (Phi) is 7.63. The van der Waals surface area contributed by atoms with Crippen molar-refractivity contribution in [2.24, 2.45) is 0 Å². The minimum absolute atomic E-state index is 0.0567. The number of carbonyl (C=O) groups excluding carboxylic acids is 2. The second-order valence-corrected chi connectivity index (χ2v) is 6.27. The average Bonchev–Trinajstić information content (AvgIpc) is 2.72. The quantitative estimate of drug-likeness (QED) is 0.679. The Morgan fingerprint density at radius 1 is 1.07 bits per heavy atom. The molecule has 0 aliphatic heterocycles. The molecule has 2 aromatic carbocycles. The highest BCUT2D eigenvalue weighted by atomic mass is 16.5. The van der Waals surface area contributed by atoms with Crippen LogP contribution in [0.3, 0.4) is 0 Å². The maximum Gasteiger partial charge on any atom is 0.253 e. The molecule has 148 valence electrons. The standard InChI is InChI=1S/C22H26N2O4/c1-5-15(2)23-22(26)17-8-6-7-9-18(17)24-21(25)13-11-16-10-12-19(27-3)20(14-16)28-4/h6-15H,5H2,1-4H3,(H,23,26)(H,24,25)/b13-11+/t15-/m1/s1. The summed E-state index contributed by atoms with van der Waals surface area (Å²) in [5.41, 5.74) is 1.68. The highest BCUT2D eigenvalue weighted by Crippen LogP contribution is 2.28. The lowest BCUT2D eigenvalue weighted by Gasteiger charge is -2.14. The Hall–Kier alpha value is -3.28. The van der Waals surface area contributed by atoms with E-state index < -0.39 is 0 Å². The molecule has 0 aliphatic rings. The van der Waals surface area contributed by atoms with Crippen molar-refractivity contribution in [3.63, 3.8) is 0 Å². The van der Waals surface area contributed by atoms with Crippen molar-refractivity contribution in [3.8, 4) is 11.5 Å². The van der Waals surface area contributed by atoms with E-state index >= 15 is 0 Å². The topological polar surface area (TPSA) is 76.7 Å². The third-order valence-corrected chi connectivity index (χ3v) is 4.25. The third-order valence-electron chi connectivity index (χ3n) is 4.25. The molecular weight excluding hydrogens is 356 g/mol. The number of carbonyl (C=O) groups is 2. The maximum absolute atomic E-state index is 12.4. The molecule has 0 spiro atoms. The summed E-state index contributed by atoms with van der Waals surface area (Å²) in [5, 5.41) is 5.67. The first kappa shape index (κ1) is 21.0. The minimum Gasteiger partial charge on any atom is -0.493 e. The van der Waals surface area contributed by atoms with Gasteiger partial charge in [0.25, 0.3) is 5.91 Å². The number of para-hydroxylation sites is 1. The predicted molar refractivity (Wildman–Crippen MR) is 111 cm³/mol. The zero-order valence-corrected chi connectivity index (χ0v) is 16.6. The molecule has 6 heteroatoms. The van der Waals surface area contributed by atoms with Gasteiger partial charge in [-0.05, 0) is 49.2 Å². The lowest BCUT2D eigenvalue weighted by molar-refractivity contribution is -0.111. The van der Waals surface area contributed by atoms with Gasteiger partial charge >= 0.3 is 0 Å². The highest BCUT2D eigenvalue weighted by molar-refractivity contribution is 6.07. The van der Waals surface area contributed by atoms with Gasteiger partial charge in [0.1, 0.15) is 0 Å². The zero-order chi connectivity index (χ0) is 20.5. The highest BCUT2D eigenvalue weighted by Gasteiger charge is 2.13. The Morgan fingerprint density at radius 3 is 2.46 bits per heavy atom. The molecule has 0 fully saturated rings. The molecule has 0 saturated carbocycles. The van der Waals surface area contributed by atoms with Crippen LogP contribution in [0.1, 0.15) is 36.2 Å². The largest absolute Gasteiger partial charge is 0.493 e. The van der Waals surface area contributed by atoms with Gasteiger partial charge < -0.3 is 20.1 Å². The van der Waals surface area contributed by atoms with E-state index in [9.17, 15) is 9.59 Å². The van der Waals surface area contributed by atoms with E-state index in [1.807, 2.05) is 19.9 Å². The van der Waals surface area contributed by atoms with Crippen molar-refractivity contribution in [2.45, 2.75) is 26.3 Å². The fourth-order valence-electron chi connectivity index (χ4n) is 2.50. The van der Waals surface area contributed by atoms with Gasteiger partial charge in [-0.25, -0.2) is 0 Å². The first-order chi connectivity index (χ1) is 13.5. The zero-order valence-electron chi connectivity index (χ0n) is 16.6. The smallest absolute Gasteiger partial charge is 0.253 e. The van der Waals surface area contributed by atoms with Crippen LogP contribution < -0.4 is 20.1 Å². The molecule has 0 saturated heterocycles. The maximum atomic E-state index is 12.4. The van der Waals surface area contributed by atoms with Crippen LogP contribution in [0.25, 0.3) is 6.08 Å². The van der Waals surface area contributed by atoms with E-state index in [0.29, 0.717) is 22.7 Å². The Balaban J connectivity index is 2.11. The van der Waals surface area contributed by atoms with Crippen LogP contribution in [0.2, 0.25) is 0 Å². The second kappa shape index (κ2) is 10.2. The summed E-state index contributed by atoms with van der Waals surface area (Å²) in [5.74, 6) is 0.648. The number of ether oxygens (including phenoxy) is 2. The SMILES string of the molecule is CC[C@@H](C)NC(=O)c1ccccc1NC(=O)/C=C/c1ccc(OC)c(OC)c1. The first-order valence-electron chi connectivity index (χ1n) is 9.09. The van der Waals surface area contributed by atoms with Crippen molar-refractivity contribution >= 4 is 23.6 Å². The number of amides is 2. The molecule has 2 N–H and O–H groups in total. The molecule has 0 aliphatic carbocycles. The first-order valence-corrected chi connectivity index (χ1v) is 9.09. The lowest BCUT2D eigenvalue weighted by Crippen LogP contribution is -2.32. The van der Waals surface area contributed by atoms with E-state index in [1.54, 1.807) is 56.7 Å². The van der Waals surface area contributed by atoms with Crippen molar-refractivity contribution in [1.82, 2.24) is 5.32 Å². The number of rotatable bonds is 8. The summed E-state index contributed by atoms with van der Waals surface area (Å²) in [6, 6.07) is 12.3. The van der Waals surface area contributed by atoms with Crippen LogP contribution in [0.5, 0.6) is 11.5 Å². The lowest BCUT2D eigenvalue weighted by atomic mass is 10.1. The van der Waals surface area contributed by atoms with Gasteiger partial charge in [-0.1, -0.05) is 25.1 Å². The van der Waals surface area contributed by atoms with Gasteiger partial charge in [0.15, 0.2) is 11.5 Å². The third kappa shape index (κ3) is 5.61. The monoisotopic (exact) mass is 382 g/mol. The molecule has 2 aromatic rings. The van der Waals surface area contributed by atoms with Crippen molar-refractivity contribution < 1.29 is 19.1 Å². The van der Waals surface area contributed by atoms with Crippen LogP contribution in [-0.4, -0.2) is 32.1 Å². The summed E-state index contributed by atoms with van der Waals surface area (Å²) < 4.78 is 10.5. The number of hydrogen-bond acceptors (Lipinski definition) is 4. The number of nitrogens with one attached hydrogen (secondary N) is 2. The van der Waals surface area contributed by atoms with Gasteiger partial charge in [0.2, 0.25) is 5.91 Å². The van der Waals surface area contributed by atoms with Crippen LogP contribution >= 0.6 is 0 Å².